The number of imidazole rings is 1. The third-order valence-corrected chi connectivity index (χ3v) is 4.05. The zero-order chi connectivity index (χ0) is 15.4. The number of benzene rings is 1. The predicted molar refractivity (Wildman–Crippen MR) is 84.0 cm³/mol. The van der Waals surface area contributed by atoms with Gasteiger partial charge in [0.15, 0.2) is 0 Å². The summed E-state index contributed by atoms with van der Waals surface area (Å²) < 4.78 is 15.8. The normalized spacial score (nSPS) is 15.5. The number of halogens is 2. The molecule has 0 saturated heterocycles. The van der Waals surface area contributed by atoms with Gasteiger partial charge in [-0.3, -0.25) is 0 Å². The topological polar surface area (TPSA) is 43.8 Å². The highest BCUT2D eigenvalue weighted by atomic mass is 35.5. The van der Waals surface area contributed by atoms with Crippen molar-refractivity contribution in [3.63, 3.8) is 0 Å². The molecular formula is C16H19ClFN3. The minimum absolute atomic E-state index is 0.106. The Morgan fingerprint density at radius 1 is 1.33 bits per heavy atom. The quantitative estimate of drug-likeness (QED) is 0.884. The number of nitrogens with two attached hydrogens (primary N) is 1. The molecule has 112 valence electrons. The lowest BCUT2D eigenvalue weighted by molar-refractivity contribution is 0.388. The highest BCUT2D eigenvalue weighted by Gasteiger charge is 2.34. The van der Waals surface area contributed by atoms with E-state index < -0.39 is 5.82 Å². The molecule has 21 heavy (non-hydrogen) atoms. The van der Waals surface area contributed by atoms with Gasteiger partial charge in [0.2, 0.25) is 0 Å². The van der Waals surface area contributed by atoms with Gasteiger partial charge in [-0.05, 0) is 45.7 Å². The number of nitrogen functional groups attached to an aromatic ring is 1. The molecular weight excluding hydrogens is 289 g/mol. The van der Waals surface area contributed by atoms with Crippen LogP contribution in [0.2, 0.25) is 5.02 Å². The summed E-state index contributed by atoms with van der Waals surface area (Å²) in [5.74, 6) is 1.61. The van der Waals surface area contributed by atoms with E-state index >= 15 is 0 Å². The van der Waals surface area contributed by atoms with E-state index in [-0.39, 0.29) is 10.6 Å². The van der Waals surface area contributed by atoms with Gasteiger partial charge in [0.05, 0.1) is 5.02 Å². The molecule has 1 heterocycles. The Morgan fingerprint density at radius 3 is 2.52 bits per heavy atom. The zero-order valence-corrected chi connectivity index (χ0v) is 13.2. The monoisotopic (exact) mass is 307 g/mol. The van der Waals surface area contributed by atoms with E-state index in [0.29, 0.717) is 23.0 Å². The molecule has 3 rings (SSSR count). The van der Waals surface area contributed by atoms with E-state index in [4.69, 9.17) is 22.3 Å². The van der Waals surface area contributed by atoms with Crippen molar-refractivity contribution >= 4 is 17.4 Å². The standard InChI is InChI=1S/C16H19ClFN3/c1-16(2,3)21-14(19)13(20-15(21)9-4-5-9)10-6-7-11(17)12(18)8-10/h6-9H,4-5,19H2,1-3H3. The van der Waals surface area contributed by atoms with Crippen LogP contribution in [0, 0.1) is 5.82 Å². The van der Waals surface area contributed by atoms with Gasteiger partial charge >= 0.3 is 0 Å². The van der Waals surface area contributed by atoms with Gasteiger partial charge in [0.25, 0.3) is 0 Å². The van der Waals surface area contributed by atoms with Crippen LogP contribution in [0.5, 0.6) is 0 Å². The van der Waals surface area contributed by atoms with Crippen LogP contribution in [0.3, 0.4) is 0 Å². The van der Waals surface area contributed by atoms with Crippen LogP contribution in [0.1, 0.15) is 45.4 Å². The summed E-state index contributed by atoms with van der Waals surface area (Å²) >= 11 is 5.75. The maximum absolute atomic E-state index is 13.7. The van der Waals surface area contributed by atoms with Gasteiger partial charge in [0.1, 0.15) is 23.2 Å². The molecule has 0 spiro atoms. The zero-order valence-electron chi connectivity index (χ0n) is 12.5. The fourth-order valence-electron chi connectivity index (χ4n) is 2.63. The maximum Gasteiger partial charge on any atom is 0.142 e. The van der Waals surface area contributed by atoms with Crippen molar-refractivity contribution in [2.75, 3.05) is 5.73 Å². The lowest BCUT2D eigenvalue weighted by Crippen LogP contribution is -2.25. The first-order chi connectivity index (χ1) is 9.79. The average molecular weight is 308 g/mol. The molecule has 2 N–H and O–H groups in total. The molecule has 1 fully saturated rings. The Morgan fingerprint density at radius 2 is 2.00 bits per heavy atom. The minimum atomic E-state index is -0.452. The average Bonchev–Trinajstić information content (AvgIpc) is 3.15. The summed E-state index contributed by atoms with van der Waals surface area (Å²) in [5, 5.41) is 0.106. The van der Waals surface area contributed by atoms with E-state index in [1.807, 2.05) is 0 Å². The highest BCUT2D eigenvalue weighted by Crippen LogP contribution is 2.44. The summed E-state index contributed by atoms with van der Waals surface area (Å²) in [5.41, 5.74) is 7.47. The van der Waals surface area contributed by atoms with Crippen molar-refractivity contribution in [2.24, 2.45) is 0 Å². The van der Waals surface area contributed by atoms with Crippen molar-refractivity contribution in [1.82, 2.24) is 9.55 Å². The SMILES string of the molecule is CC(C)(C)n1c(C2CC2)nc(-c2ccc(Cl)c(F)c2)c1N. The van der Waals surface area contributed by atoms with Gasteiger partial charge < -0.3 is 10.3 Å². The van der Waals surface area contributed by atoms with Gasteiger partial charge in [-0.25, -0.2) is 9.37 Å². The third kappa shape index (κ3) is 2.53. The molecule has 0 aliphatic heterocycles. The number of hydrogen-bond donors (Lipinski definition) is 1. The molecule has 1 aliphatic rings. The Hall–Kier alpha value is -1.55. The van der Waals surface area contributed by atoms with Gasteiger partial charge in [-0.1, -0.05) is 17.7 Å². The molecule has 0 radical (unpaired) electrons. The van der Waals surface area contributed by atoms with Crippen LogP contribution in [-0.4, -0.2) is 9.55 Å². The van der Waals surface area contributed by atoms with Gasteiger partial charge in [-0.2, -0.15) is 0 Å². The smallest absolute Gasteiger partial charge is 0.142 e. The molecule has 3 nitrogen and oxygen atoms in total. The number of anilines is 1. The first-order valence-corrected chi connectivity index (χ1v) is 7.51. The third-order valence-electron chi connectivity index (χ3n) is 3.75. The second kappa shape index (κ2) is 4.73. The van der Waals surface area contributed by atoms with Gasteiger partial charge in [0, 0.05) is 17.0 Å². The van der Waals surface area contributed by atoms with Crippen LogP contribution < -0.4 is 5.73 Å². The number of rotatable bonds is 2. The Balaban J connectivity index is 2.17. The molecule has 0 atom stereocenters. The van der Waals surface area contributed by atoms with Crippen molar-refractivity contribution in [1.29, 1.82) is 0 Å². The van der Waals surface area contributed by atoms with Crippen molar-refractivity contribution in [3.05, 3.63) is 34.9 Å². The van der Waals surface area contributed by atoms with E-state index in [0.717, 1.165) is 18.7 Å². The van der Waals surface area contributed by atoms with E-state index in [1.165, 1.54) is 6.07 Å². The number of nitrogens with zero attached hydrogens (tertiary/aromatic N) is 2. The molecule has 1 aliphatic carbocycles. The van der Waals surface area contributed by atoms with Crippen LogP contribution in [0.15, 0.2) is 18.2 Å². The maximum atomic E-state index is 13.7. The minimum Gasteiger partial charge on any atom is -0.383 e. The second-order valence-electron chi connectivity index (χ2n) is 6.61. The van der Waals surface area contributed by atoms with Crippen molar-refractivity contribution in [2.45, 2.75) is 45.1 Å². The summed E-state index contributed by atoms with van der Waals surface area (Å²) in [6.45, 7) is 6.30. The molecule has 1 aromatic heterocycles. The highest BCUT2D eigenvalue weighted by molar-refractivity contribution is 6.30. The fourth-order valence-corrected chi connectivity index (χ4v) is 2.74. The summed E-state index contributed by atoms with van der Waals surface area (Å²) in [6.07, 6.45) is 2.28. The van der Waals surface area contributed by atoms with E-state index in [2.05, 4.69) is 25.3 Å². The Kier molecular flexibility index (Phi) is 3.24. The van der Waals surface area contributed by atoms with Crippen molar-refractivity contribution in [3.8, 4) is 11.3 Å². The van der Waals surface area contributed by atoms with Crippen LogP contribution >= 0.6 is 11.6 Å². The first kappa shape index (κ1) is 14.4. The first-order valence-electron chi connectivity index (χ1n) is 7.13. The van der Waals surface area contributed by atoms with Gasteiger partial charge in [-0.15, -0.1) is 0 Å². The molecule has 0 unspecified atom stereocenters. The predicted octanol–water partition coefficient (Wildman–Crippen LogP) is 4.56. The largest absolute Gasteiger partial charge is 0.383 e. The number of aromatic nitrogens is 2. The Bertz CT molecular complexity index is 696. The van der Waals surface area contributed by atoms with Crippen LogP contribution in [-0.2, 0) is 5.54 Å². The molecule has 1 aromatic carbocycles. The molecule has 0 bridgehead atoms. The molecule has 0 amide bonds. The summed E-state index contributed by atoms with van der Waals surface area (Å²) in [6, 6.07) is 4.69. The summed E-state index contributed by atoms with van der Waals surface area (Å²) in [7, 11) is 0. The molecule has 5 heteroatoms. The lowest BCUT2D eigenvalue weighted by Gasteiger charge is -2.25. The summed E-state index contributed by atoms with van der Waals surface area (Å²) in [4.78, 5) is 4.71. The van der Waals surface area contributed by atoms with Crippen molar-refractivity contribution < 1.29 is 4.39 Å². The second-order valence-corrected chi connectivity index (χ2v) is 7.02. The lowest BCUT2D eigenvalue weighted by atomic mass is 10.1. The van der Waals surface area contributed by atoms with Crippen LogP contribution in [0.25, 0.3) is 11.3 Å². The molecule has 1 saturated carbocycles. The Labute approximate surface area is 128 Å². The van der Waals surface area contributed by atoms with Crippen LogP contribution in [0.4, 0.5) is 10.2 Å². The van der Waals surface area contributed by atoms with E-state index in [9.17, 15) is 4.39 Å². The number of hydrogen-bond acceptors (Lipinski definition) is 2. The van der Waals surface area contributed by atoms with E-state index in [1.54, 1.807) is 12.1 Å². The fraction of sp³-hybridized carbons (Fsp3) is 0.438. The molecule has 2 aromatic rings.